The van der Waals surface area contributed by atoms with Gasteiger partial charge in [-0.25, -0.2) is 9.59 Å². The van der Waals surface area contributed by atoms with E-state index in [0.29, 0.717) is 19.5 Å². The lowest BCUT2D eigenvalue weighted by molar-refractivity contribution is -0.139. The average Bonchev–Trinajstić information content (AvgIpc) is 2.50. The molecule has 0 aromatic carbocycles. The predicted octanol–water partition coefficient (Wildman–Crippen LogP) is 0.797. The van der Waals surface area contributed by atoms with E-state index >= 15 is 0 Å². The molecule has 3 N–H and O–H groups in total. The zero-order valence-corrected chi connectivity index (χ0v) is 12.7. The second-order valence-electron chi connectivity index (χ2n) is 5.38. The van der Waals surface area contributed by atoms with E-state index in [0.717, 1.165) is 25.7 Å². The summed E-state index contributed by atoms with van der Waals surface area (Å²) in [5.41, 5.74) is 0. The van der Waals surface area contributed by atoms with Crippen LogP contribution < -0.4 is 10.6 Å². The van der Waals surface area contributed by atoms with Gasteiger partial charge in [0.25, 0.3) is 0 Å². The van der Waals surface area contributed by atoms with Crippen molar-refractivity contribution in [2.45, 2.75) is 45.1 Å². The molecule has 0 spiro atoms. The van der Waals surface area contributed by atoms with Crippen LogP contribution >= 0.6 is 0 Å². The third-order valence-electron chi connectivity index (χ3n) is 3.77. The summed E-state index contributed by atoms with van der Waals surface area (Å²) in [7, 11) is 1.58. The Labute approximate surface area is 125 Å². The third-order valence-corrected chi connectivity index (χ3v) is 3.77. The van der Waals surface area contributed by atoms with Crippen molar-refractivity contribution in [2.24, 2.45) is 5.92 Å². The molecule has 0 aromatic rings. The standard InChI is InChI=1S/C14H25N3O4/c1-3-4-7-11(13(19)20)16-14(21)17-8-5-6-10(9-17)12(18)15-2/h10-11H,3-9H2,1-2H3,(H,15,18)(H,16,21)(H,19,20)/t10?,11-/m0/s1. The highest BCUT2D eigenvalue weighted by Crippen LogP contribution is 2.16. The SMILES string of the molecule is CCCC[C@H](NC(=O)N1CCCC(C(=O)NC)C1)C(=O)O. The third kappa shape index (κ3) is 5.24. The smallest absolute Gasteiger partial charge is 0.326 e. The summed E-state index contributed by atoms with van der Waals surface area (Å²) in [5.74, 6) is -1.31. The number of nitrogens with zero attached hydrogens (tertiary/aromatic N) is 1. The quantitative estimate of drug-likeness (QED) is 0.675. The zero-order chi connectivity index (χ0) is 15.8. The van der Waals surface area contributed by atoms with Gasteiger partial charge in [-0.3, -0.25) is 4.79 Å². The number of piperidine rings is 1. The summed E-state index contributed by atoms with van der Waals surface area (Å²) >= 11 is 0. The number of carbonyl (C=O) groups excluding carboxylic acids is 2. The molecule has 0 aliphatic carbocycles. The Hall–Kier alpha value is -1.79. The lowest BCUT2D eigenvalue weighted by atomic mass is 9.97. The van der Waals surface area contributed by atoms with Crippen molar-refractivity contribution in [2.75, 3.05) is 20.1 Å². The van der Waals surface area contributed by atoms with Gasteiger partial charge in [-0.05, 0) is 19.3 Å². The Morgan fingerprint density at radius 2 is 2.10 bits per heavy atom. The molecule has 1 heterocycles. The summed E-state index contributed by atoms with van der Waals surface area (Å²) < 4.78 is 0. The largest absolute Gasteiger partial charge is 0.480 e. The Bertz CT molecular complexity index is 386. The van der Waals surface area contributed by atoms with E-state index in [4.69, 9.17) is 5.11 Å². The topological polar surface area (TPSA) is 98.7 Å². The molecule has 7 heteroatoms. The van der Waals surface area contributed by atoms with E-state index in [-0.39, 0.29) is 11.8 Å². The number of hydrogen-bond acceptors (Lipinski definition) is 3. The lowest BCUT2D eigenvalue weighted by Gasteiger charge is -2.32. The van der Waals surface area contributed by atoms with Gasteiger partial charge in [0, 0.05) is 20.1 Å². The molecule has 1 unspecified atom stereocenters. The molecular formula is C14H25N3O4. The minimum Gasteiger partial charge on any atom is -0.480 e. The van der Waals surface area contributed by atoms with E-state index in [2.05, 4.69) is 10.6 Å². The molecule has 1 aliphatic heterocycles. The molecule has 0 radical (unpaired) electrons. The van der Waals surface area contributed by atoms with E-state index < -0.39 is 18.0 Å². The number of carboxylic acid groups (broad SMARTS) is 1. The molecule has 21 heavy (non-hydrogen) atoms. The second-order valence-corrected chi connectivity index (χ2v) is 5.38. The van der Waals surface area contributed by atoms with Crippen LogP contribution in [-0.4, -0.2) is 54.1 Å². The van der Waals surface area contributed by atoms with Crippen molar-refractivity contribution >= 4 is 17.9 Å². The molecule has 1 rings (SSSR count). The first-order valence-electron chi connectivity index (χ1n) is 7.49. The molecule has 1 aliphatic rings. The zero-order valence-electron chi connectivity index (χ0n) is 12.7. The average molecular weight is 299 g/mol. The summed E-state index contributed by atoms with van der Waals surface area (Å²) in [6.07, 6.45) is 3.55. The molecule has 2 atom stereocenters. The molecule has 0 aromatic heterocycles. The highest BCUT2D eigenvalue weighted by molar-refractivity contribution is 5.84. The Morgan fingerprint density at radius 1 is 1.38 bits per heavy atom. The van der Waals surface area contributed by atoms with E-state index in [1.165, 1.54) is 4.90 Å². The second kappa shape index (κ2) is 8.49. The fraction of sp³-hybridized carbons (Fsp3) is 0.786. The normalized spacial score (nSPS) is 19.7. The number of rotatable bonds is 6. The van der Waals surface area contributed by atoms with Crippen LogP contribution in [0.25, 0.3) is 0 Å². The van der Waals surface area contributed by atoms with Gasteiger partial charge in [-0.2, -0.15) is 0 Å². The van der Waals surface area contributed by atoms with E-state index in [9.17, 15) is 14.4 Å². The summed E-state index contributed by atoms with van der Waals surface area (Å²) in [6, 6.07) is -1.26. The van der Waals surface area contributed by atoms with Crippen molar-refractivity contribution in [3.05, 3.63) is 0 Å². The molecule has 0 bridgehead atoms. The number of urea groups is 1. The first-order chi connectivity index (χ1) is 9.99. The van der Waals surface area contributed by atoms with Crippen LogP contribution in [0.2, 0.25) is 0 Å². The van der Waals surface area contributed by atoms with Crippen molar-refractivity contribution in [1.82, 2.24) is 15.5 Å². The van der Waals surface area contributed by atoms with Gasteiger partial charge in [0.05, 0.1) is 5.92 Å². The number of hydrogen-bond donors (Lipinski definition) is 3. The number of amides is 3. The van der Waals surface area contributed by atoms with Gasteiger partial charge in [0.2, 0.25) is 5.91 Å². The van der Waals surface area contributed by atoms with Gasteiger partial charge in [0.1, 0.15) is 6.04 Å². The summed E-state index contributed by atoms with van der Waals surface area (Å²) in [5, 5.41) is 14.3. The maximum Gasteiger partial charge on any atom is 0.326 e. The molecule has 7 nitrogen and oxygen atoms in total. The predicted molar refractivity (Wildman–Crippen MR) is 77.8 cm³/mol. The minimum atomic E-state index is -1.02. The minimum absolute atomic E-state index is 0.0757. The molecule has 120 valence electrons. The number of aliphatic carboxylic acids is 1. The maximum absolute atomic E-state index is 12.2. The van der Waals surface area contributed by atoms with Gasteiger partial charge in [-0.15, -0.1) is 0 Å². The molecule has 0 saturated carbocycles. The summed E-state index contributed by atoms with van der Waals surface area (Å²) in [4.78, 5) is 36.5. The number of carboxylic acids is 1. The van der Waals surface area contributed by atoms with Crippen molar-refractivity contribution in [1.29, 1.82) is 0 Å². The Balaban J connectivity index is 2.56. The number of unbranched alkanes of at least 4 members (excludes halogenated alkanes) is 1. The van der Waals surface area contributed by atoms with Crippen molar-refractivity contribution in [3.63, 3.8) is 0 Å². The molecule has 1 saturated heterocycles. The number of carbonyl (C=O) groups is 3. The monoisotopic (exact) mass is 299 g/mol. The van der Waals surface area contributed by atoms with Crippen LogP contribution in [0.3, 0.4) is 0 Å². The van der Waals surface area contributed by atoms with Crippen LogP contribution in [-0.2, 0) is 9.59 Å². The fourth-order valence-electron chi connectivity index (χ4n) is 2.49. The molecule has 1 fully saturated rings. The van der Waals surface area contributed by atoms with Crippen LogP contribution in [0.4, 0.5) is 4.79 Å². The Kier molecular flexibility index (Phi) is 6.98. The van der Waals surface area contributed by atoms with Gasteiger partial charge >= 0.3 is 12.0 Å². The Morgan fingerprint density at radius 3 is 2.67 bits per heavy atom. The molecular weight excluding hydrogens is 274 g/mol. The first kappa shape index (κ1) is 17.3. The van der Waals surface area contributed by atoms with Gasteiger partial charge < -0.3 is 20.6 Å². The fourth-order valence-corrected chi connectivity index (χ4v) is 2.49. The van der Waals surface area contributed by atoms with E-state index in [1.807, 2.05) is 6.92 Å². The summed E-state index contributed by atoms with van der Waals surface area (Å²) in [6.45, 7) is 2.87. The van der Waals surface area contributed by atoms with Crippen LogP contribution in [0, 0.1) is 5.92 Å². The van der Waals surface area contributed by atoms with Crippen LogP contribution in [0.5, 0.6) is 0 Å². The van der Waals surface area contributed by atoms with Crippen LogP contribution in [0.15, 0.2) is 0 Å². The highest BCUT2D eigenvalue weighted by Gasteiger charge is 2.29. The molecule has 3 amide bonds. The van der Waals surface area contributed by atoms with Gasteiger partial charge in [-0.1, -0.05) is 19.8 Å². The van der Waals surface area contributed by atoms with E-state index in [1.54, 1.807) is 7.05 Å². The highest BCUT2D eigenvalue weighted by atomic mass is 16.4. The van der Waals surface area contributed by atoms with Crippen molar-refractivity contribution in [3.8, 4) is 0 Å². The first-order valence-corrected chi connectivity index (χ1v) is 7.49. The van der Waals surface area contributed by atoms with Crippen LogP contribution in [0.1, 0.15) is 39.0 Å². The lowest BCUT2D eigenvalue weighted by Crippen LogP contribution is -2.52. The number of likely N-dealkylation sites (tertiary alicyclic amines) is 1. The number of nitrogens with one attached hydrogen (secondary N) is 2. The van der Waals surface area contributed by atoms with Gasteiger partial charge in [0.15, 0.2) is 0 Å². The van der Waals surface area contributed by atoms with Crippen molar-refractivity contribution < 1.29 is 19.5 Å². The maximum atomic E-state index is 12.2.